The molecule has 396 valence electrons. The molecule has 0 aliphatic carbocycles. The van der Waals surface area contributed by atoms with Crippen LogP contribution in [0.4, 0.5) is 0 Å². The second kappa shape index (κ2) is 45.6. The Hall–Kier alpha value is -3.79. The summed E-state index contributed by atoms with van der Waals surface area (Å²) in [6.45, 7) is 7.64. The third-order valence-corrected chi connectivity index (χ3v) is 11.3. The zero-order valence-electron chi connectivity index (χ0n) is 42.9. The van der Waals surface area contributed by atoms with Crippen LogP contribution in [-0.2, 0) is 66.7 Å². The van der Waals surface area contributed by atoms with E-state index in [1.165, 1.54) is 0 Å². The maximum atomic E-state index is 14.0. The quantitative estimate of drug-likeness (QED) is 0.0342. The van der Waals surface area contributed by atoms with Crippen LogP contribution in [0.25, 0.3) is 0 Å². The van der Waals surface area contributed by atoms with Crippen LogP contribution in [0.1, 0.15) is 220 Å². The van der Waals surface area contributed by atoms with E-state index in [4.69, 9.17) is 33.2 Å². The summed E-state index contributed by atoms with van der Waals surface area (Å²) in [4.78, 5) is 92.3. The minimum atomic E-state index is -2.39. The van der Waals surface area contributed by atoms with Gasteiger partial charge in [-0.2, -0.15) is 0 Å². The fourth-order valence-electron chi connectivity index (χ4n) is 7.10. The van der Waals surface area contributed by atoms with Gasteiger partial charge in [-0.3, -0.25) is 28.8 Å². The van der Waals surface area contributed by atoms with Gasteiger partial charge < -0.3 is 43.2 Å². The van der Waals surface area contributed by atoms with Gasteiger partial charge in [0.2, 0.25) is 5.60 Å². The van der Waals surface area contributed by atoms with Crippen molar-refractivity contribution in [2.75, 3.05) is 66.4 Å². The number of rotatable bonds is 48. The Morgan fingerprint density at radius 2 is 0.691 bits per heavy atom. The molecule has 0 heterocycles. The second-order valence-corrected chi connectivity index (χ2v) is 17.9. The third kappa shape index (κ3) is 39.1. The maximum absolute atomic E-state index is 14.0. The highest BCUT2D eigenvalue weighted by Crippen LogP contribution is 2.27. The van der Waals surface area contributed by atoms with Crippen LogP contribution < -0.4 is 0 Å². The van der Waals surface area contributed by atoms with Crippen molar-refractivity contribution in [3.63, 3.8) is 0 Å². The first-order chi connectivity index (χ1) is 32.9. The maximum Gasteiger partial charge on any atom is 0.351 e. The predicted octanol–water partition coefficient (Wildman–Crippen LogP) is 9.60. The number of carbonyl (C=O) groups excluding carboxylic acids is 7. The Morgan fingerprint density at radius 1 is 0.368 bits per heavy atom. The van der Waals surface area contributed by atoms with Crippen molar-refractivity contribution in [1.29, 1.82) is 0 Å². The largest absolute Gasteiger partial charge is 0.466 e. The number of nitrogens with zero attached hydrogens (tertiary/aromatic N) is 1. The normalized spacial score (nSPS) is 11.3. The Balaban J connectivity index is 5.60. The van der Waals surface area contributed by atoms with E-state index in [2.05, 4.69) is 20.8 Å². The summed E-state index contributed by atoms with van der Waals surface area (Å²) in [6.07, 6.45) is 20.0. The van der Waals surface area contributed by atoms with Gasteiger partial charge in [0.25, 0.3) is 0 Å². The van der Waals surface area contributed by atoms with Gasteiger partial charge >= 0.3 is 41.8 Å². The number of unbranched alkanes of at least 4 members (excludes halogenated alkanes) is 18. The molecule has 0 aliphatic heterocycles. The van der Waals surface area contributed by atoms with E-state index in [1.807, 2.05) is 0 Å². The molecule has 16 heteroatoms. The van der Waals surface area contributed by atoms with Crippen molar-refractivity contribution >= 4 is 41.8 Å². The molecule has 0 bridgehead atoms. The monoisotopic (exact) mass is 972 g/mol. The average Bonchev–Trinajstić information content (AvgIpc) is 3.31. The number of esters is 7. The van der Waals surface area contributed by atoms with E-state index >= 15 is 0 Å². The average molecular weight is 972 g/mol. The number of hydrogen-bond acceptors (Lipinski definition) is 16. The summed E-state index contributed by atoms with van der Waals surface area (Å²) >= 11 is 0. The van der Waals surface area contributed by atoms with Gasteiger partial charge in [-0.05, 0) is 90.5 Å². The Bertz CT molecular complexity index is 1270. The molecule has 0 aromatic carbocycles. The van der Waals surface area contributed by atoms with Gasteiger partial charge in [-0.1, -0.05) is 97.8 Å². The van der Waals surface area contributed by atoms with Gasteiger partial charge in [0.1, 0.15) is 0 Å². The molecule has 1 N–H and O–H groups in total. The molecule has 0 atom stereocenters. The minimum absolute atomic E-state index is 0.0267. The lowest BCUT2D eigenvalue weighted by atomic mass is 9.94. The van der Waals surface area contributed by atoms with Crippen LogP contribution in [0.3, 0.4) is 0 Å². The van der Waals surface area contributed by atoms with E-state index in [0.29, 0.717) is 90.0 Å². The number of ether oxygens (including phenoxy) is 7. The fraction of sp³-hybridized carbons (Fsp3) is 0.865. The SMILES string of the molecule is CCCCCCCC(=O)OCCCCCOC(=O)CC(CC(=O)OCCCCCOC(=O)CCCCCCC)(OC(=O)CCN(C)CCCO)C(=O)OCCCCCOC(=O)CCCCCCC. The van der Waals surface area contributed by atoms with Gasteiger partial charge in [0.05, 0.1) is 58.9 Å². The molecule has 0 fully saturated rings. The molecule has 0 spiro atoms. The van der Waals surface area contributed by atoms with Crippen LogP contribution in [0.2, 0.25) is 0 Å². The summed E-state index contributed by atoms with van der Waals surface area (Å²) in [7, 11) is 1.76. The molecule has 0 aliphatic rings. The molecular weight excluding hydrogens is 879 g/mol. The molecule has 0 unspecified atom stereocenters. The fourth-order valence-corrected chi connectivity index (χ4v) is 7.10. The Kier molecular flexibility index (Phi) is 43.1. The van der Waals surface area contributed by atoms with Crippen molar-refractivity contribution in [2.45, 2.75) is 225 Å². The summed E-state index contributed by atoms with van der Waals surface area (Å²) in [5, 5.41) is 9.23. The molecule has 0 aromatic rings. The zero-order valence-corrected chi connectivity index (χ0v) is 42.9. The lowest BCUT2D eigenvalue weighted by Crippen LogP contribution is -2.49. The van der Waals surface area contributed by atoms with Gasteiger partial charge in [-0.15, -0.1) is 0 Å². The number of aliphatic hydroxyl groups is 1. The molecule has 0 saturated heterocycles. The van der Waals surface area contributed by atoms with Crippen LogP contribution >= 0.6 is 0 Å². The molecule has 0 saturated carbocycles. The van der Waals surface area contributed by atoms with E-state index in [1.54, 1.807) is 11.9 Å². The minimum Gasteiger partial charge on any atom is -0.466 e. The molecule has 16 nitrogen and oxygen atoms in total. The summed E-state index contributed by atoms with van der Waals surface area (Å²) in [6, 6.07) is 0. The zero-order chi connectivity index (χ0) is 50.4. The second-order valence-electron chi connectivity index (χ2n) is 17.9. The van der Waals surface area contributed by atoms with Crippen molar-refractivity contribution in [3.8, 4) is 0 Å². The van der Waals surface area contributed by atoms with Crippen molar-refractivity contribution in [1.82, 2.24) is 4.90 Å². The number of aliphatic hydroxyl groups excluding tert-OH is 1. The first-order valence-electron chi connectivity index (χ1n) is 26.4. The molecular formula is C52H93NO15. The van der Waals surface area contributed by atoms with Gasteiger partial charge in [0.15, 0.2) is 0 Å². The number of carbonyl (C=O) groups is 7. The summed E-state index contributed by atoms with van der Waals surface area (Å²) in [5.41, 5.74) is -2.39. The lowest BCUT2D eigenvalue weighted by molar-refractivity contribution is -0.191. The first-order valence-corrected chi connectivity index (χ1v) is 26.4. The molecule has 68 heavy (non-hydrogen) atoms. The molecule has 0 amide bonds. The topological polar surface area (TPSA) is 208 Å². The van der Waals surface area contributed by atoms with E-state index in [9.17, 15) is 38.7 Å². The van der Waals surface area contributed by atoms with E-state index in [0.717, 1.165) is 96.3 Å². The first kappa shape index (κ1) is 64.2. The summed E-state index contributed by atoms with van der Waals surface area (Å²) in [5.74, 6) is -4.43. The molecule has 0 radical (unpaired) electrons. The van der Waals surface area contributed by atoms with Crippen LogP contribution in [-0.4, -0.2) is 124 Å². The highest BCUT2D eigenvalue weighted by atomic mass is 16.6. The van der Waals surface area contributed by atoms with Crippen LogP contribution in [0.5, 0.6) is 0 Å². The van der Waals surface area contributed by atoms with Crippen LogP contribution in [0.15, 0.2) is 0 Å². The van der Waals surface area contributed by atoms with Crippen molar-refractivity contribution in [2.24, 2.45) is 0 Å². The van der Waals surface area contributed by atoms with Gasteiger partial charge in [0, 0.05) is 39.0 Å². The summed E-state index contributed by atoms with van der Waals surface area (Å²) < 4.78 is 38.3. The third-order valence-electron chi connectivity index (χ3n) is 11.3. The van der Waals surface area contributed by atoms with Crippen molar-refractivity contribution < 1.29 is 71.8 Å². The molecule has 0 rings (SSSR count). The Labute approximate surface area is 409 Å². The smallest absolute Gasteiger partial charge is 0.351 e. The van der Waals surface area contributed by atoms with Crippen LogP contribution in [0, 0.1) is 0 Å². The highest BCUT2D eigenvalue weighted by molar-refractivity contribution is 5.92. The Morgan fingerprint density at radius 3 is 1.04 bits per heavy atom. The standard InChI is InChI=1S/C52H93NO15/c1-5-8-11-14-20-30-45(55)62-37-23-17-26-40-65-49(59)43-52(68-48(58)33-35-53(4)34-29-36-54,51(61)67-42-28-19-25-39-64-47(57)32-22-16-13-10-7-3)44-50(60)66-41-27-18-24-38-63-46(56)31-21-15-12-9-6-2/h54H,5-44H2,1-4H3. The number of hydrogen-bond donors (Lipinski definition) is 1. The lowest BCUT2D eigenvalue weighted by Gasteiger charge is -2.30. The predicted molar refractivity (Wildman–Crippen MR) is 259 cm³/mol. The van der Waals surface area contributed by atoms with Gasteiger partial charge in [-0.25, -0.2) is 4.79 Å². The van der Waals surface area contributed by atoms with Crippen molar-refractivity contribution in [3.05, 3.63) is 0 Å². The van der Waals surface area contributed by atoms with E-state index in [-0.39, 0.29) is 77.1 Å². The molecule has 0 aromatic heterocycles. The highest BCUT2D eigenvalue weighted by Gasteiger charge is 2.49. The van der Waals surface area contributed by atoms with E-state index < -0.39 is 42.3 Å².